The van der Waals surface area contributed by atoms with E-state index in [1.807, 2.05) is 6.92 Å². The topological polar surface area (TPSA) is 65.5 Å². The molecule has 2 rings (SSSR count). The maximum absolute atomic E-state index is 13.1. The van der Waals surface area contributed by atoms with Gasteiger partial charge in [-0.25, -0.2) is 9.38 Å². The monoisotopic (exact) mass is 434 g/mol. The quantitative estimate of drug-likeness (QED) is 0.380. The fourth-order valence-electron chi connectivity index (χ4n) is 2.50. The number of anilines is 1. The van der Waals surface area contributed by atoms with Crippen molar-refractivity contribution in [1.29, 1.82) is 0 Å². The van der Waals surface area contributed by atoms with Gasteiger partial charge in [-0.05, 0) is 38.0 Å². The fourth-order valence-corrected chi connectivity index (χ4v) is 2.50. The zero-order chi connectivity index (χ0) is 15.8. The zero-order valence-electron chi connectivity index (χ0n) is 13.3. The Morgan fingerprint density at radius 2 is 2.09 bits per heavy atom. The van der Waals surface area contributed by atoms with Gasteiger partial charge in [-0.15, -0.1) is 24.0 Å². The highest BCUT2D eigenvalue weighted by atomic mass is 127. The minimum absolute atomic E-state index is 0. The van der Waals surface area contributed by atoms with Crippen LogP contribution in [0, 0.1) is 5.82 Å². The van der Waals surface area contributed by atoms with Crippen LogP contribution in [0.2, 0.25) is 0 Å². The van der Waals surface area contributed by atoms with Crippen LogP contribution in [0.1, 0.15) is 32.6 Å². The first-order valence-corrected chi connectivity index (χ1v) is 7.77. The Morgan fingerprint density at radius 1 is 1.35 bits per heavy atom. The summed E-state index contributed by atoms with van der Waals surface area (Å²) >= 11 is 0. The molecule has 0 radical (unpaired) electrons. The van der Waals surface area contributed by atoms with Gasteiger partial charge in [0.05, 0.1) is 0 Å². The zero-order valence-corrected chi connectivity index (χ0v) is 15.6. The minimum atomic E-state index is -0.377. The lowest BCUT2D eigenvalue weighted by Gasteiger charge is -2.16. The Bertz CT molecular complexity index is 533. The van der Waals surface area contributed by atoms with E-state index < -0.39 is 0 Å². The Labute approximate surface area is 153 Å². The van der Waals surface area contributed by atoms with Crippen molar-refractivity contribution in [3.05, 3.63) is 30.1 Å². The van der Waals surface area contributed by atoms with Crippen molar-refractivity contribution in [3.8, 4) is 0 Å². The van der Waals surface area contributed by atoms with Gasteiger partial charge in [0, 0.05) is 18.3 Å². The second-order valence-electron chi connectivity index (χ2n) is 5.38. The van der Waals surface area contributed by atoms with Crippen molar-refractivity contribution in [2.24, 2.45) is 4.99 Å². The summed E-state index contributed by atoms with van der Waals surface area (Å²) in [4.78, 5) is 16.2. The van der Waals surface area contributed by atoms with Crippen LogP contribution < -0.4 is 16.0 Å². The van der Waals surface area contributed by atoms with Gasteiger partial charge in [-0.1, -0.05) is 18.9 Å². The number of halogens is 2. The Kier molecular flexibility index (Phi) is 8.90. The van der Waals surface area contributed by atoms with Gasteiger partial charge in [0.15, 0.2) is 5.96 Å². The number of carbonyl (C=O) groups is 1. The van der Waals surface area contributed by atoms with Gasteiger partial charge >= 0.3 is 0 Å². The summed E-state index contributed by atoms with van der Waals surface area (Å²) in [5, 5.41) is 9.11. The maximum Gasteiger partial charge on any atom is 0.246 e. The first kappa shape index (κ1) is 19.7. The SMILES string of the molecule is CCNC(=NCC(=O)Nc1cccc(F)c1)NC1CCCC1.I. The average Bonchev–Trinajstić information content (AvgIpc) is 2.98. The predicted octanol–water partition coefficient (Wildman–Crippen LogP) is 2.88. The van der Waals surface area contributed by atoms with Crippen LogP contribution in [-0.2, 0) is 4.79 Å². The smallest absolute Gasteiger partial charge is 0.246 e. The van der Waals surface area contributed by atoms with E-state index in [1.165, 1.54) is 25.0 Å². The molecule has 3 N–H and O–H groups in total. The molecule has 5 nitrogen and oxygen atoms in total. The van der Waals surface area contributed by atoms with Crippen LogP contribution in [0.4, 0.5) is 10.1 Å². The summed E-state index contributed by atoms with van der Waals surface area (Å²) in [5.74, 6) is 0.00978. The number of nitrogens with one attached hydrogen (secondary N) is 3. The van der Waals surface area contributed by atoms with Crippen LogP contribution in [0.5, 0.6) is 0 Å². The number of benzene rings is 1. The van der Waals surface area contributed by atoms with E-state index in [2.05, 4.69) is 20.9 Å². The molecule has 0 unspecified atom stereocenters. The van der Waals surface area contributed by atoms with Gasteiger partial charge in [0.2, 0.25) is 5.91 Å². The molecule has 1 fully saturated rings. The number of amides is 1. The molecule has 0 aliphatic heterocycles. The van der Waals surface area contributed by atoms with E-state index in [-0.39, 0.29) is 42.2 Å². The highest BCUT2D eigenvalue weighted by Crippen LogP contribution is 2.17. The first-order chi connectivity index (χ1) is 10.7. The van der Waals surface area contributed by atoms with E-state index in [9.17, 15) is 9.18 Å². The van der Waals surface area contributed by atoms with Gasteiger partial charge < -0.3 is 16.0 Å². The van der Waals surface area contributed by atoms with Crippen molar-refractivity contribution < 1.29 is 9.18 Å². The lowest BCUT2D eigenvalue weighted by atomic mass is 10.2. The van der Waals surface area contributed by atoms with Gasteiger partial charge in [0.25, 0.3) is 0 Å². The van der Waals surface area contributed by atoms with Crippen molar-refractivity contribution in [2.45, 2.75) is 38.6 Å². The number of aliphatic imine (C=N–C) groups is 1. The third-order valence-electron chi connectivity index (χ3n) is 3.53. The van der Waals surface area contributed by atoms with Crippen LogP contribution in [0.25, 0.3) is 0 Å². The molecule has 1 aromatic rings. The van der Waals surface area contributed by atoms with E-state index in [1.54, 1.807) is 12.1 Å². The number of carbonyl (C=O) groups excluding carboxylic acids is 1. The molecule has 0 aromatic heterocycles. The van der Waals surface area contributed by atoms with Crippen molar-refractivity contribution >= 4 is 41.5 Å². The molecule has 1 aromatic carbocycles. The molecule has 0 bridgehead atoms. The number of nitrogens with zero attached hydrogens (tertiary/aromatic N) is 1. The van der Waals surface area contributed by atoms with E-state index in [0.717, 1.165) is 19.4 Å². The van der Waals surface area contributed by atoms with Crippen LogP contribution in [0.15, 0.2) is 29.3 Å². The number of hydrogen-bond donors (Lipinski definition) is 3. The summed E-state index contributed by atoms with van der Waals surface area (Å²) < 4.78 is 13.1. The largest absolute Gasteiger partial charge is 0.357 e. The number of guanidine groups is 1. The highest BCUT2D eigenvalue weighted by Gasteiger charge is 2.16. The van der Waals surface area contributed by atoms with E-state index in [4.69, 9.17) is 0 Å². The minimum Gasteiger partial charge on any atom is -0.357 e. The third kappa shape index (κ3) is 7.15. The number of rotatable bonds is 5. The normalized spacial score (nSPS) is 15.0. The van der Waals surface area contributed by atoms with Crippen molar-refractivity contribution in [3.63, 3.8) is 0 Å². The molecule has 0 heterocycles. The summed E-state index contributed by atoms with van der Waals surface area (Å²) in [5.41, 5.74) is 0.439. The molecule has 1 aliphatic carbocycles. The summed E-state index contributed by atoms with van der Waals surface area (Å²) in [6.07, 6.45) is 4.74. The van der Waals surface area contributed by atoms with Crippen LogP contribution in [0.3, 0.4) is 0 Å². The molecule has 0 atom stereocenters. The predicted molar refractivity (Wildman–Crippen MR) is 102 cm³/mol. The van der Waals surface area contributed by atoms with Crippen molar-refractivity contribution in [2.75, 3.05) is 18.4 Å². The highest BCUT2D eigenvalue weighted by molar-refractivity contribution is 14.0. The molecule has 0 saturated heterocycles. The molecular formula is C16H24FIN4O. The standard InChI is InChI=1S/C16H23FN4O.HI/c1-2-18-16(21-13-7-3-4-8-13)19-11-15(22)20-14-9-5-6-12(17)10-14;/h5-6,9-10,13H,2-4,7-8,11H2,1H3,(H,20,22)(H2,18,19,21);1H. The van der Waals surface area contributed by atoms with E-state index >= 15 is 0 Å². The molecule has 1 aliphatic rings. The second kappa shape index (κ2) is 10.4. The lowest BCUT2D eigenvalue weighted by molar-refractivity contribution is -0.114. The fraction of sp³-hybridized carbons (Fsp3) is 0.500. The van der Waals surface area contributed by atoms with Gasteiger partial charge in [-0.2, -0.15) is 0 Å². The lowest BCUT2D eigenvalue weighted by Crippen LogP contribution is -2.42. The molecule has 7 heteroatoms. The molecule has 1 amide bonds. The van der Waals surface area contributed by atoms with Gasteiger partial charge in [-0.3, -0.25) is 4.79 Å². The maximum atomic E-state index is 13.1. The molecule has 23 heavy (non-hydrogen) atoms. The summed E-state index contributed by atoms with van der Waals surface area (Å²) in [6, 6.07) is 6.25. The summed E-state index contributed by atoms with van der Waals surface area (Å²) in [7, 11) is 0. The third-order valence-corrected chi connectivity index (χ3v) is 3.53. The van der Waals surface area contributed by atoms with Crippen LogP contribution >= 0.6 is 24.0 Å². The van der Waals surface area contributed by atoms with E-state index in [0.29, 0.717) is 17.7 Å². The Hall–Kier alpha value is -1.38. The Morgan fingerprint density at radius 3 is 2.74 bits per heavy atom. The first-order valence-electron chi connectivity index (χ1n) is 7.77. The average molecular weight is 434 g/mol. The molecule has 1 saturated carbocycles. The van der Waals surface area contributed by atoms with Crippen molar-refractivity contribution in [1.82, 2.24) is 10.6 Å². The molecule has 128 valence electrons. The van der Waals surface area contributed by atoms with Crippen LogP contribution in [-0.4, -0.2) is 31.0 Å². The molecule has 0 spiro atoms. The van der Waals surface area contributed by atoms with Gasteiger partial charge in [0.1, 0.15) is 12.4 Å². The number of hydrogen-bond acceptors (Lipinski definition) is 2. The Balaban J connectivity index is 0.00000264. The molecular weight excluding hydrogens is 410 g/mol. The summed E-state index contributed by atoms with van der Waals surface area (Å²) in [6.45, 7) is 2.72. The second-order valence-corrected chi connectivity index (χ2v) is 5.38.